The lowest BCUT2D eigenvalue weighted by Gasteiger charge is -2.20. The summed E-state index contributed by atoms with van der Waals surface area (Å²) in [5.41, 5.74) is 4.87. The third-order valence-corrected chi connectivity index (χ3v) is 3.46. The van der Waals surface area contributed by atoms with Crippen molar-refractivity contribution in [2.75, 3.05) is 7.11 Å². The average Bonchev–Trinajstić information content (AvgIpc) is 2.44. The van der Waals surface area contributed by atoms with E-state index in [1.165, 1.54) is 12.1 Å². The fourth-order valence-corrected chi connectivity index (χ4v) is 2.36. The Morgan fingerprint density at radius 2 is 1.95 bits per heavy atom. The predicted molar refractivity (Wildman–Crippen MR) is 78.3 cm³/mol. The van der Waals surface area contributed by atoms with Crippen molar-refractivity contribution in [3.8, 4) is 5.75 Å². The summed E-state index contributed by atoms with van der Waals surface area (Å²) in [5, 5.41) is 0.466. The standard InChI is InChI=1S/C15H16ClFN2O/c1-9-7-11(20-2)4-5-12(9)15(19-18)13-8-10(16)3-6-14(13)17/h3-8,15,19H,18H2,1-2H3. The predicted octanol–water partition coefficient (Wildman–Crippen LogP) is 3.35. The lowest BCUT2D eigenvalue weighted by molar-refractivity contribution is 0.414. The van der Waals surface area contributed by atoms with E-state index in [0.29, 0.717) is 10.6 Å². The molecule has 0 saturated heterocycles. The number of ether oxygens (including phenoxy) is 1. The first kappa shape index (κ1) is 14.8. The Morgan fingerprint density at radius 3 is 2.55 bits per heavy atom. The van der Waals surface area contributed by atoms with Crippen molar-refractivity contribution in [1.82, 2.24) is 5.43 Å². The van der Waals surface area contributed by atoms with E-state index in [1.54, 1.807) is 13.2 Å². The maximum atomic E-state index is 14.0. The van der Waals surface area contributed by atoms with Gasteiger partial charge >= 0.3 is 0 Å². The molecule has 2 aromatic carbocycles. The van der Waals surface area contributed by atoms with Crippen LogP contribution in [0.1, 0.15) is 22.7 Å². The Morgan fingerprint density at radius 1 is 1.20 bits per heavy atom. The fourth-order valence-electron chi connectivity index (χ4n) is 2.18. The second-order valence-corrected chi connectivity index (χ2v) is 4.92. The molecule has 0 bridgehead atoms. The number of hydrazine groups is 1. The van der Waals surface area contributed by atoms with E-state index >= 15 is 0 Å². The highest BCUT2D eigenvalue weighted by Gasteiger charge is 2.19. The number of rotatable bonds is 4. The zero-order chi connectivity index (χ0) is 14.7. The number of nitrogens with two attached hydrogens (primary N) is 1. The Labute approximate surface area is 122 Å². The smallest absolute Gasteiger partial charge is 0.128 e. The summed E-state index contributed by atoms with van der Waals surface area (Å²) in [5.74, 6) is 5.99. The van der Waals surface area contributed by atoms with Gasteiger partial charge in [-0.25, -0.2) is 9.82 Å². The molecule has 0 radical (unpaired) electrons. The molecule has 0 spiro atoms. The summed E-state index contributed by atoms with van der Waals surface area (Å²) in [6.45, 7) is 1.92. The summed E-state index contributed by atoms with van der Waals surface area (Å²) >= 11 is 5.94. The highest BCUT2D eigenvalue weighted by atomic mass is 35.5. The molecule has 0 heterocycles. The van der Waals surface area contributed by atoms with Crippen molar-refractivity contribution in [1.29, 1.82) is 0 Å². The molecule has 0 amide bonds. The van der Waals surface area contributed by atoms with Crippen molar-refractivity contribution in [2.45, 2.75) is 13.0 Å². The Kier molecular flexibility index (Phi) is 4.60. The lowest BCUT2D eigenvalue weighted by atomic mass is 9.95. The normalized spacial score (nSPS) is 12.2. The first-order valence-corrected chi connectivity index (χ1v) is 6.50. The van der Waals surface area contributed by atoms with E-state index in [4.69, 9.17) is 22.2 Å². The minimum absolute atomic E-state index is 0.354. The molecule has 20 heavy (non-hydrogen) atoms. The van der Waals surface area contributed by atoms with E-state index < -0.39 is 6.04 Å². The fraction of sp³-hybridized carbons (Fsp3) is 0.200. The molecular weight excluding hydrogens is 279 g/mol. The van der Waals surface area contributed by atoms with E-state index in [2.05, 4.69) is 5.43 Å². The van der Waals surface area contributed by atoms with E-state index in [9.17, 15) is 4.39 Å². The first-order valence-electron chi connectivity index (χ1n) is 6.12. The summed E-state index contributed by atoms with van der Waals surface area (Å²) < 4.78 is 19.2. The number of aryl methyl sites for hydroxylation is 1. The Hall–Kier alpha value is -1.62. The van der Waals surface area contributed by atoms with Gasteiger partial charge in [0.25, 0.3) is 0 Å². The Bertz CT molecular complexity index is 619. The van der Waals surface area contributed by atoms with Crippen LogP contribution in [-0.4, -0.2) is 7.11 Å². The molecule has 1 atom stereocenters. The summed E-state index contributed by atoms with van der Waals surface area (Å²) in [7, 11) is 1.60. The van der Waals surface area contributed by atoms with Gasteiger partial charge in [0.05, 0.1) is 13.2 Å². The molecule has 5 heteroatoms. The number of benzene rings is 2. The monoisotopic (exact) mass is 294 g/mol. The van der Waals surface area contributed by atoms with E-state index in [-0.39, 0.29) is 5.82 Å². The molecule has 0 aliphatic heterocycles. The summed E-state index contributed by atoms with van der Waals surface area (Å²) in [6.07, 6.45) is 0. The van der Waals surface area contributed by atoms with Crippen LogP contribution >= 0.6 is 11.6 Å². The highest BCUT2D eigenvalue weighted by molar-refractivity contribution is 6.30. The number of hydrogen-bond donors (Lipinski definition) is 2. The minimum atomic E-state index is -0.473. The van der Waals surface area contributed by atoms with Gasteiger partial charge in [-0.3, -0.25) is 5.84 Å². The third-order valence-electron chi connectivity index (χ3n) is 3.22. The molecule has 2 aromatic rings. The SMILES string of the molecule is COc1ccc(C(NN)c2cc(Cl)ccc2F)c(C)c1. The van der Waals surface area contributed by atoms with Crippen LogP contribution in [0.4, 0.5) is 4.39 Å². The molecule has 0 fully saturated rings. The second kappa shape index (κ2) is 6.22. The van der Waals surface area contributed by atoms with Crippen molar-refractivity contribution in [3.05, 3.63) is 63.9 Å². The van der Waals surface area contributed by atoms with Crippen LogP contribution in [0.2, 0.25) is 5.02 Å². The molecule has 106 valence electrons. The van der Waals surface area contributed by atoms with E-state index in [0.717, 1.165) is 16.9 Å². The van der Waals surface area contributed by atoms with Crippen molar-refractivity contribution in [3.63, 3.8) is 0 Å². The first-order chi connectivity index (χ1) is 9.56. The molecule has 3 nitrogen and oxygen atoms in total. The van der Waals surface area contributed by atoms with Gasteiger partial charge in [-0.15, -0.1) is 0 Å². The van der Waals surface area contributed by atoms with Gasteiger partial charge in [0.1, 0.15) is 11.6 Å². The summed E-state index contributed by atoms with van der Waals surface area (Å²) in [6, 6.07) is 9.50. The van der Waals surface area contributed by atoms with Crippen LogP contribution < -0.4 is 16.0 Å². The van der Waals surface area contributed by atoms with Gasteiger partial charge in [-0.1, -0.05) is 17.7 Å². The van der Waals surface area contributed by atoms with Crippen LogP contribution in [-0.2, 0) is 0 Å². The number of hydrogen-bond acceptors (Lipinski definition) is 3. The molecule has 0 aliphatic rings. The van der Waals surface area contributed by atoms with Gasteiger partial charge in [-0.2, -0.15) is 0 Å². The van der Waals surface area contributed by atoms with E-state index in [1.807, 2.05) is 25.1 Å². The minimum Gasteiger partial charge on any atom is -0.497 e. The van der Waals surface area contributed by atoms with Gasteiger partial charge in [0.2, 0.25) is 0 Å². The number of halogens is 2. The van der Waals surface area contributed by atoms with Crippen LogP contribution in [0.15, 0.2) is 36.4 Å². The zero-order valence-electron chi connectivity index (χ0n) is 11.3. The third kappa shape index (κ3) is 2.93. The van der Waals surface area contributed by atoms with Crippen molar-refractivity contribution >= 4 is 11.6 Å². The van der Waals surface area contributed by atoms with Gasteiger partial charge in [0, 0.05) is 10.6 Å². The molecule has 2 rings (SSSR count). The molecule has 3 N–H and O–H groups in total. The topological polar surface area (TPSA) is 47.3 Å². The number of nitrogens with one attached hydrogen (secondary N) is 1. The maximum absolute atomic E-state index is 14.0. The zero-order valence-corrected chi connectivity index (χ0v) is 12.0. The largest absolute Gasteiger partial charge is 0.497 e. The maximum Gasteiger partial charge on any atom is 0.128 e. The summed E-state index contributed by atoms with van der Waals surface area (Å²) in [4.78, 5) is 0. The molecular formula is C15H16ClFN2O. The van der Waals surface area contributed by atoms with Gasteiger partial charge in [-0.05, 0) is 48.4 Å². The molecule has 0 aliphatic carbocycles. The highest BCUT2D eigenvalue weighted by Crippen LogP contribution is 2.30. The van der Waals surface area contributed by atoms with Crippen LogP contribution in [0.5, 0.6) is 5.75 Å². The second-order valence-electron chi connectivity index (χ2n) is 4.49. The van der Waals surface area contributed by atoms with Gasteiger partial charge in [0.15, 0.2) is 0 Å². The quantitative estimate of drug-likeness (QED) is 0.671. The van der Waals surface area contributed by atoms with Crippen LogP contribution in [0.3, 0.4) is 0 Å². The van der Waals surface area contributed by atoms with Gasteiger partial charge < -0.3 is 4.74 Å². The van der Waals surface area contributed by atoms with Crippen molar-refractivity contribution in [2.24, 2.45) is 5.84 Å². The molecule has 0 saturated carbocycles. The average molecular weight is 295 g/mol. The lowest BCUT2D eigenvalue weighted by Crippen LogP contribution is -2.30. The van der Waals surface area contributed by atoms with Crippen LogP contribution in [0, 0.1) is 12.7 Å². The molecule has 0 aromatic heterocycles. The Balaban J connectivity index is 2.49. The van der Waals surface area contributed by atoms with Crippen LogP contribution in [0.25, 0.3) is 0 Å². The molecule has 1 unspecified atom stereocenters. The van der Waals surface area contributed by atoms with Crippen molar-refractivity contribution < 1.29 is 9.13 Å². The number of methoxy groups -OCH3 is 1.